The van der Waals surface area contributed by atoms with Crippen LogP contribution in [0.4, 0.5) is 5.69 Å². The first-order chi connectivity index (χ1) is 11.7. The molecule has 1 aromatic carbocycles. The molecule has 0 aromatic heterocycles. The fourth-order valence-corrected chi connectivity index (χ4v) is 6.02. The summed E-state index contributed by atoms with van der Waals surface area (Å²) >= 11 is 1.27. The van der Waals surface area contributed by atoms with Gasteiger partial charge in [-0.3, -0.25) is 9.59 Å². The fourth-order valence-electron chi connectivity index (χ4n) is 2.60. The minimum absolute atomic E-state index is 0.0429. The zero-order valence-corrected chi connectivity index (χ0v) is 16.2. The molecule has 1 aliphatic rings. The van der Waals surface area contributed by atoms with Crippen LogP contribution in [0.25, 0.3) is 0 Å². The highest BCUT2D eigenvalue weighted by Gasteiger charge is 2.29. The molecule has 1 aromatic rings. The van der Waals surface area contributed by atoms with Crippen molar-refractivity contribution < 1.29 is 22.7 Å². The number of para-hydroxylation sites is 1. The van der Waals surface area contributed by atoms with E-state index in [0.29, 0.717) is 6.42 Å². The molecule has 1 aliphatic heterocycles. The second-order valence-corrected chi connectivity index (χ2v) is 9.74. The molecule has 138 valence electrons. The third kappa shape index (κ3) is 5.74. The highest BCUT2D eigenvalue weighted by atomic mass is 32.2. The molecule has 1 amide bonds. The number of sulfone groups is 1. The van der Waals surface area contributed by atoms with Gasteiger partial charge in [0.05, 0.1) is 17.3 Å². The number of esters is 1. The van der Waals surface area contributed by atoms with E-state index in [1.807, 2.05) is 32.0 Å². The fraction of sp³-hybridized carbons (Fsp3) is 0.529. The highest BCUT2D eigenvalue weighted by Crippen LogP contribution is 2.24. The van der Waals surface area contributed by atoms with Gasteiger partial charge in [-0.1, -0.05) is 18.2 Å². The normalized spacial score (nSPS) is 20.0. The van der Waals surface area contributed by atoms with E-state index < -0.39 is 21.9 Å². The standard InChI is InChI=1S/C17H23NO5S2/c1-11-5-4-6-12(2)16(11)18-17(20)13(3)23-15(19)9-24-14-7-8-25(21,22)10-14/h4-6,13-14H,7-10H2,1-3H3,(H,18,20)/t13-,14-/m0/s1. The molecule has 1 fully saturated rings. The van der Waals surface area contributed by atoms with E-state index in [2.05, 4.69) is 5.32 Å². The van der Waals surface area contributed by atoms with E-state index in [1.54, 1.807) is 0 Å². The Bertz CT molecular complexity index is 740. The number of ether oxygens (including phenoxy) is 1. The summed E-state index contributed by atoms with van der Waals surface area (Å²) in [5.41, 5.74) is 2.59. The molecule has 6 nitrogen and oxygen atoms in total. The molecular formula is C17H23NO5S2. The number of amides is 1. The predicted molar refractivity (Wildman–Crippen MR) is 99.6 cm³/mol. The average Bonchev–Trinajstić information content (AvgIpc) is 2.88. The van der Waals surface area contributed by atoms with Gasteiger partial charge in [0.2, 0.25) is 0 Å². The Morgan fingerprint density at radius 1 is 1.32 bits per heavy atom. The highest BCUT2D eigenvalue weighted by molar-refractivity contribution is 8.02. The molecule has 2 atom stereocenters. The number of aryl methyl sites for hydroxylation is 2. The van der Waals surface area contributed by atoms with E-state index >= 15 is 0 Å². The monoisotopic (exact) mass is 385 g/mol. The molecule has 1 heterocycles. The second-order valence-electron chi connectivity index (χ2n) is 6.22. The first kappa shape index (κ1) is 19.8. The molecule has 0 spiro atoms. The Balaban J connectivity index is 1.81. The maximum absolute atomic E-state index is 12.2. The Morgan fingerprint density at radius 3 is 2.52 bits per heavy atom. The third-order valence-corrected chi connectivity index (χ3v) is 7.29. The van der Waals surface area contributed by atoms with Crippen molar-refractivity contribution in [3.8, 4) is 0 Å². The van der Waals surface area contributed by atoms with Crippen molar-refractivity contribution in [3.63, 3.8) is 0 Å². The van der Waals surface area contributed by atoms with Crippen LogP contribution in [0.1, 0.15) is 24.5 Å². The molecule has 0 unspecified atom stereocenters. The van der Waals surface area contributed by atoms with Crippen molar-refractivity contribution in [1.29, 1.82) is 0 Å². The second kappa shape index (κ2) is 8.23. The molecule has 8 heteroatoms. The molecular weight excluding hydrogens is 362 g/mol. The van der Waals surface area contributed by atoms with Crippen molar-refractivity contribution in [2.45, 2.75) is 38.5 Å². The van der Waals surface area contributed by atoms with Gasteiger partial charge in [0.25, 0.3) is 5.91 Å². The van der Waals surface area contributed by atoms with Gasteiger partial charge in [-0.25, -0.2) is 8.42 Å². The van der Waals surface area contributed by atoms with Crippen LogP contribution in [0.3, 0.4) is 0 Å². The van der Waals surface area contributed by atoms with E-state index in [4.69, 9.17) is 4.74 Å². The molecule has 0 aliphatic carbocycles. The lowest BCUT2D eigenvalue weighted by Crippen LogP contribution is -2.31. The van der Waals surface area contributed by atoms with Crippen LogP contribution in [0.2, 0.25) is 0 Å². The molecule has 25 heavy (non-hydrogen) atoms. The molecule has 0 saturated carbocycles. The van der Waals surface area contributed by atoms with Gasteiger partial charge in [0, 0.05) is 10.9 Å². The minimum Gasteiger partial charge on any atom is -0.452 e. The smallest absolute Gasteiger partial charge is 0.316 e. The number of hydrogen-bond donors (Lipinski definition) is 1. The molecule has 1 N–H and O–H groups in total. The molecule has 1 saturated heterocycles. The first-order valence-corrected chi connectivity index (χ1v) is 10.9. The van der Waals surface area contributed by atoms with Crippen LogP contribution in [0.5, 0.6) is 0 Å². The predicted octanol–water partition coefficient (Wildman–Crippen LogP) is 2.09. The summed E-state index contributed by atoms with van der Waals surface area (Å²) in [4.78, 5) is 24.1. The van der Waals surface area contributed by atoms with Crippen molar-refractivity contribution in [2.75, 3.05) is 22.6 Å². The Kier molecular flexibility index (Phi) is 6.51. The largest absolute Gasteiger partial charge is 0.452 e. The zero-order valence-electron chi connectivity index (χ0n) is 14.6. The SMILES string of the molecule is Cc1cccc(C)c1NC(=O)[C@H](C)OC(=O)CS[C@H]1CCS(=O)(=O)C1. The number of nitrogens with one attached hydrogen (secondary N) is 1. The van der Waals surface area contributed by atoms with Crippen LogP contribution in [0, 0.1) is 13.8 Å². The molecule has 0 bridgehead atoms. The van der Waals surface area contributed by atoms with Gasteiger partial charge in [-0.15, -0.1) is 11.8 Å². The summed E-state index contributed by atoms with van der Waals surface area (Å²) in [6.07, 6.45) is -0.359. The summed E-state index contributed by atoms with van der Waals surface area (Å²) < 4.78 is 28.0. The van der Waals surface area contributed by atoms with Crippen LogP contribution >= 0.6 is 11.8 Å². The average molecular weight is 386 g/mol. The van der Waals surface area contributed by atoms with Gasteiger partial charge in [-0.2, -0.15) is 0 Å². The number of rotatable bonds is 6. The van der Waals surface area contributed by atoms with Crippen molar-refractivity contribution in [1.82, 2.24) is 0 Å². The first-order valence-electron chi connectivity index (χ1n) is 8.06. The van der Waals surface area contributed by atoms with Crippen LogP contribution < -0.4 is 5.32 Å². The van der Waals surface area contributed by atoms with Gasteiger partial charge >= 0.3 is 5.97 Å². The number of carbonyl (C=O) groups is 2. The summed E-state index contributed by atoms with van der Waals surface area (Å²) in [5.74, 6) is -0.582. The van der Waals surface area contributed by atoms with E-state index in [1.165, 1.54) is 18.7 Å². The summed E-state index contributed by atoms with van der Waals surface area (Å²) in [7, 11) is -2.96. The maximum Gasteiger partial charge on any atom is 0.316 e. The summed E-state index contributed by atoms with van der Waals surface area (Å²) in [6.45, 7) is 5.31. The van der Waals surface area contributed by atoms with E-state index in [9.17, 15) is 18.0 Å². The lowest BCUT2D eigenvalue weighted by molar-refractivity contribution is -0.150. The summed E-state index contributed by atoms with van der Waals surface area (Å²) in [6, 6.07) is 5.70. The van der Waals surface area contributed by atoms with E-state index in [-0.39, 0.29) is 28.4 Å². The topological polar surface area (TPSA) is 89.5 Å². The number of carbonyl (C=O) groups excluding carboxylic acids is 2. The number of anilines is 1. The lowest BCUT2D eigenvalue weighted by Gasteiger charge is -2.16. The van der Waals surface area contributed by atoms with Crippen LogP contribution in [-0.4, -0.2) is 48.9 Å². The Hall–Kier alpha value is -1.54. The zero-order chi connectivity index (χ0) is 18.6. The van der Waals surface area contributed by atoms with Crippen LogP contribution in [0.15, 0.2) is 18.2 Å². The maximum atomic E-state index is 12.2. The molecule has 0 radical (unpaired) electrons. The van der Waals surface area contributed by atoms with E-state index in [0.717, 1.165) is 16.8 Å². The number of benzene rings is 1. The Morgan fingerprint density at radius 2 is 1.96 bits per heavy atom. The Labute approximate surface area is 152 Å². The minimum atomic E-state index is -2.96. The summed E-state index contributed by atoms with van der Waals surface area (Å²) in [5, 5.41) is 2.72. The van der Waals surface area contributed by atoms with Gasteiger partial charge < -0.3 is 10.1 Å². The van der Waals surface area contributed by atoms with Gasteiger partial charge in [0.15, 0.2) is 15.9 Å². The molecule has 2 rings (SSSR count). The number of thioether (sulfide) groups is 1. The van der Waals surface area contributed by atoms with Gasteiger partial charge in [0.1, 0.15) is 0 Å². The third-order valence-electron chi connectivity index (χ3n) is 4.03. The number of hydrogen-bond acceptors (Lipinski definition) is 6. The van der Waals surface area contributed by atoms with Crippen LogP contribution in [-0.2, 0) is 24.2 Å². The van der Waals surface area contributed by atoms with Crippen molar-refractivity contribution in [3.05, 3.63) is 29.3 Å². The lowest BCUT2D eigenvalue weighted by atomic mass is 10.1. The van der Waals surface area contributed by atoms with Gasteiger partial charge in [-0.05, 0) is 38.3 Å². The van der Waals surface area contributed by atoms with Crippen molar-refractivity contribution in [2.24, 2.45) is 0 Å². The van der Waals surface area contributed by atoms with Crippen molar-refractivity contribution >= 4 is 39.2 Å². The quantitative estimate of drug-likeness (QED) is 0.754.